The van der Waals surface area contributed by atoms with E-state index in [1.165, 1.54) is 12.1 Å². The highest BCUT2D eigenvalue weighted by Crippen LogP contribution is 2.24. The van der Waals surface area contributed by atoms with Crippen LogP contribution in [0.4, 0.5) is 13.2 Å². The number of hydrogen-bond donors (Lipinski definition) is 1. The molecule has 0 saturated carbocycles. The van der Waals surface area contributed by atoms with Crippen molar-refractivity contribution in [3.8, 4) is 5.75 Å². The number of hydrogen-bond acceptors (Lipinski definition) is 4. The molecule has 1 aromatic rings. The maximum atomic E-state index is 12.3. The molecule has 1 N–H and O–H groups in total. The molecule has 1 aromatic carbocycles. The monoisotopic (exact) mass is 535 g/mol. The van der Waals surface area contributed by atoms with Crippen LogP contribution in [-0.4, -0.2) is 62.7 Å². The summed E-state index contributed by atoms with van der Waals surface area (Å²) in [5.41, 5.74) is 0.722. The van der Waals surface area contributed by atoms with Crippen LogP contribution >= 0.6 is 24.0 Å². The van der Waals surface area contributed by atoms with Crippen molar-refractivity contribution >= 4 is 39.8 Å². The Balaban J connectivity index is 0.00000392. The van der Waals surface area contributed by atoms with Crippen molar-refractivity contribution in [1.82, 2.24) is 10.2 Å². The van der Waals surface area contributed by atoms with E-state index in [1.807, 2.05) is 4.90 Å². The number of rotatable bonds is 4. The van der Waals surface area contributed by atoms with E-state index in [4.69, 9.17) is 4.74 Å². The first-order valence-corrected chi connectivity index (χ1v) is 10.1. The Morgan fingerprint density at radius 3 is 2.61 bits per heavy atom. The average molecular weight is 535 g/mol. The molecule has 1 saturated heterocycles. The van der Waals surface area contributed by atoms with E-state index in [2.05, 4.69) is 10.3 Å². The highest BCUT2D eigenvalue weighted by molar-refractivity contribution is 14.0. The van der Waals surface area contributed by atoms with E-state index in [0.29, 0.717) is 25.6 Å². The van der Waals surface area contributed by atoms with Gasteiger partial charge in [-0.1, -0.05) is 12.1 Å². The molecule has 28 heavy (non-hydrogen) atoms. The molecule has 11 heteroatoms. The van der Waals surface area contributed by atoms with Crippen molar-refractivity contribution in [3.05, 3.63) is 29.8 Å². The number of nitrogens with zero attached hydrogens (tertiary/aromatic N) is 2. The van der Waals surface area contributed by atoms with Gasteiger partial charge >= 0.3 is 6.18 Å². The molecule has 1 heterocycles. The van der Waals surface area contributed by atoms with Gasteiger partial charge in [-0.3, -0.25) is 4.99 Å². The fourth-order valence-corrected chi connectivity index (χ4v) is 4.11. The fraction of sp³-hybridized carbons (Fsp3) is 0.588. The number of aliphatic imine (C=N–C) groups is 1. The topological polar surface area (TPSA) is 71.0 Å². The van der Waals surface area contributed by atoms with Gasteiger partial charge in [0.25, 0.3) is 0 Å². The third-order valence-corrected chi connectivity index (χ3v) is 6.84. The van der Waals surface area contributed by atoms with Gasteiger partial charge in [-0.15, -0.1) is 24.0 Å². The summed E-state index contributed by atoms with van der Waals surface area (Å²) >= 11 is 0. The standard InChI is InChI=1S/C17H24F3N3O3S.HI/c1-16(2)11-23(7-8-27(16,24)25)15(21-3)22-10-13-5-4-6-14(9-13)26-12-17(18,19)20;/h4-6,9H,7-8,10-12H2,1-3H3,(H,21,22);1H. The summed E-state index contributed by atoms with van der Waals surface area (Å²) in [4.78, 5) is 6.05. The van der Waals surface area contributed by atoms with Crippen LogP contribution in [0.2, 0.25) is 0 Å². The van der Waals surface area contributed by atoms with Crippen LogP contribution in [0.3, 0.4) is 0 Å². The lowest BCUT2D eigenvalue weighted by Crippen LogP contribution is -2.57. The second kappa shape index (κ2) is 9.51. The third-order valence-electron chi connectivity index (χ3n) is 4.31. The number of halogens is 4. The normalized spacial score (nSPS) is 18.9. The van der Waals surface area contributed by atoms with Crippen molar-refractivity contribution in [2.75, 3.05) is 32.5 Å². The smallest absolute Gasteiger partial charge is 0.422 e. The first kappa shape index (κ1) is 24.8. The van der Waals surface area contributed by atoms with Gasteiger partial charge in [0.15, 0.2) is 22.4 Å². The zero-order chi connectivity index (χ0) is 20.3. The summed E-state index contributed by atoms with van der Waals surface area (Å²) in [6.45, 7) is 2.98. The predicted molar refractivity (Wildman–Crippen MR) is 113 cm³/mol. The summed E-state index contributed by atoms with van der Waals surface area (Å²) in [5, 5.41) is 3.12. The summed E-state index contributed by atoms with van der Waals surface area (Å²) < 4.78 is 64.9. The van der Waals surface area contributed by atoms with E-state index in [9.17, 15) is 21.6 Å². The molecular weight excluding hydrogens is 510 g/mol. The molecule has 0 bridgehead atoms. The lowest BCUT2D eigenvalue weighted by atomic mass is 10.2. The summed E-state index contributed by atoms with van der Waals surface area (Å²) in [6.07, 6.45) is -4.39. The summed E-state index contributed by atoms with van der Waals surface area (Å²) in [7, 11) is -1.56. The van der Waals surface area contributed by atoms with Crippen molar-refractivity contribution in [1.29, 1.82) is 0 Å². The Labute approximate surface area is 180 Å². The van der Waals surface area contributed by atoms with Gasteiger partial charge in [-0.2, -0.15) is 13.2 Å². The Bertz CT molecular complexity index is 798. The van der Waals surface area contributed by atoms with E-state index < -0.39 is 27.4 Å². The van der Waals surface area contributed by atoms with Crippen LogP contribution in [0.5, 0.6) is 5.75 Å². The molecule has 0 amide bonds. The van der Waals surface area contributed by atoms with Crippen LogP contribution in [0.1, 0.15) is 19.4 Å². The minimum Gasteiger partial charge on any atom is -0.484 e. The molecule has 6 nitrogen and oxygen atoms in total. The Morgan fingerprint density at radius 1 is 1.36 bits per heavy atom. The van der Waals surface area contributed by atoms with Crippen LogP contribution in [-0.2, 0) is 16.4 Å². The molecule has 0 unspecified atom stereocenters. The van der Waals surface area contributed by atoms with Crippen LogP contribution in [0.15, 0.2) is 29.3 Å². The van der Waals surface area contributed by atoms with Crippen LogP contribution in [0.25, 0.3) is 0 Å². The fourth-order valence-electron chi connectivity index (χ4n) is 2.75. The average Bonchev–Trinajstić information content (AvgIpc) is 2.56. The number of guanidine groups is 1. The van der Waals surface area contributed by atoms with Crippen LogP contribution in [0, 0.1) is 0 Å². The maximum absolute atomic E-state index is 12.3. The maximum Gasteiger partial charge on any atom is 0.422 e. The van der Waals surface area contributed by atoms with Crippen molar-refractivity contribution in [2.45, 2.75) is 31.3 Å². The number of benzene rings is 1. The zero-order valence-corrected chi connectivity index (χ0v) is 19.1. The molecule has 2 rings (SSSR count). The molecule has 0 radical (unpaired) electrons. The van der Waals surface area contributed by atoms with Gasteiger partial charge in [0.1, 0.15) is 5.75 Å². The Kier molecular flexibility index (Phi) is 8.42. The number of ether oxygens (including phenoxy) is 1. The van der Waals surface area contributed by atoms with Gasteiger partial charge in [-0.25, -0.2) is 8.42 Å². The molecule has 1 aliphatic rings. The zero-order valence-electron chi connectivity index (χ0n) is 15.9. The summed E-state index contributed by atoms with van der Waals surface area (Å²) in [6, 6.07) is 6.35. The summed E-state index contributed by atoms with van der Waals surface area (Å²) in [5.74, 6) is 0.716. The van der Waals surface area contributed by atoms with Crippen molar-refractivity contribution in [3.63, 3.8) is 0 Å². The van der Waals surface area contributed by atoms with E-state index in [-0.39, 0.29) is 35.5 Å². The SMILES string of the molecule is CN=C(NCc1cccc(OCC(F)(F)F)c1)N1CCS(=O)(=O)C(C)(C)C1.I. The quantitative estimate of drug-likeness (QED) is 0.365. The lowest BCUT2D eigenvalue weighted by molar-refractivity contribution is -0.153. The van der Waals surface area contributed by atoms with E-state index >= 15 is 0 Å². The van der Waals surface area contributed by atoms with Gasteiger partial charge in [0.05, 0.1) is 10.5 Å². The first-order valence-electron chi connectivity index (χ1n) is 8.40. The van der Waals surface area contributed by atoms with Gasteiger partial charge < -0.3 is 15.0 Å². The number of alkyl halides is 3. The second-order valence-electron chi connectivity index (χ2n) is 6.95. The van der Waals surface area contributed by atoms with Gasteiger partial charge in [0.2, 0.25) is 0 Å². The minimum atomic E-state index is -4.39. The number of nitrogens with one attached hydrogen (secondary N) is 1. The highest BCUT2D eigenvalue weighted by Gasteiger charge is 2.40. The van der Waals surface area contributed by atoms with E-state index in [1.54, 1.807) is 33.0 Å². The lowest BCUT2D eigenvalue weighted by Gasteiger charge is -2.39. The first-order chi connectivity index (χ1) is 12.4. The molecule has 160 valence electrons. The number of sulfone groups is 1. The van der Waals surface area contributed by atoms with E-state index in [0.717, 1.165) is 5.56 Å². The molecule has 0 spiro atoms. The molecule has 0 atom stereocenters. The molecule has 1 fully saturated rings. The van der Waals surface area contributed by atoms with Crippen molar-refractivity contribution in [2.24, 2.45) is 4.99 Å². The van der Waals surface area contributed by atoms with Crippen molar-refractivity contribution < 1.29 is 26.3 Å². The largest absolute Gasteiger partial charge is 0.484 e. The second-order valence-corrected chi connectivity index (χ2v) is 9.70. The Morgan fingerprint density at radius 2 is 2.04 bits per heavy atom. The Hall–Kier alpha value is -1.24. The third kappa shape index (κ3) is 6.68. The van der Waals surface area contributed by atoms with Crippen LogP contribution < -0.4 is 10.1 Å². The predicted octanol–water partition coefficient (Wildman–Crippen LogP) is 2.83. The van der Waals surface area contributed by atoms with Gasteiger partial charge in [0, 0.05) is 26.7 Å². The molecular formula is C17H25F3IN3O3S. The minimum absolute atomic E-state index is 0. The molecule has 1 aliphatic heterocycles. The highest BCUT2D eigenvalue weighted by atomic mass is 127. The molecule has 0 aromatic heterocycles. The molecule has 0 aliphatic carbocycles. The van der Waals surface area contributed by atoms with Gasteiger partial charge in [-0.05, 0) is 31.5 Å².